The van der Waals surface area contributed by atoms with E-state index in [1.54, 1.807) is 18.6 Å². The first-order valence-electron chi connectivity index (χ1n) is 10.9. The maximum atomic E-state index is 13.0. The fraction of sp³-hybridized carbons (Fsp3) is 0.391. The Labute approximate surface area is 186 Å². The zero-order valence-corrected chi connectivity index (χ0v) is 17.8. The maximum Gasteiger partial charge on any atom is 0.274 e. The lowest BCUT2D eigenvalue weighted by Crippen LogP contribution is -2.40. The van der Waals surface area contributed by atoms with Crippen molar-refractivity contribution in [2.45, 2.75) is 18.8 Å². The molecule has 5 rings (SSSR count). The largest absolute Gasteiger partial charge is 0.378 e. The molecule has 3 aromatic rings. The summed E-state index contributed by atoms with van der Waals surface area (Å²) in [6, 6.07) is 3.94. The molecule has 1 atom stereocenters. The summed E-state index contributed by atoms with van der Waals surface area (Å²) in [5, 5.41) is 0. The van der Waals surface area contributed by atoms with Gasteiger partial charge in [-0.05, 0) is 18.9 Å². The fourth-order valence-corrected chi connectivity index (χ4v) is 4.31. The van der Waals surface area contributed by atoms with Crippen LogP contribution in [0, 0.1) is 0 Å². The fourth-order valence-electron chi connectivity index (χ4n) is 4.31. The molecule has 2 aliphatic rings. The Kier molecular flexibility index (Phi) is 5.98. The van der Waals surface area contributed by atoms with Gasteiger partial charge in [0.15, 0.2) is 0 Å². The monoisotopic (exact) mass is 431 g/mol. The Hall–Kier alpha value is -3.46. The Bertz CT molecular complexity index is 1060. The van der Waals surface area contributed by atoms with Crippen LogP contribution < -0.4 is 4.90 Å². The third kappa shape index (κ3) is 4.29. The number of carbonyl (C=O) groups is 1. The second-order valence-electron chi connectivity index (χ2n) is 7.99. The zero-order valence-electron chi connectivity index (χ0n) is 17.8. The molecular weight excluding hydrogens is 406 g/mol. The zero-order chi connectivity index (χ0) is 21.8. The van der Waals surface area contributed by atoms with Gasteiger partial charge in [-0.25, -0.2) is 15.0 Å². The second kappa shape index (κ2) is 9.35. The number of pyridine rings is 1. The Morgan fingerprint density at radius 3 is 2.66 bits per heavy atom. The molecule has 0 spiro atoms. The van der Waals surface area contributed by atoms with Crippen molar-refractivity contribution in [2.24, 2.45) is 0 Å². The molecule has 9 heteroatoms. The van der Waals surface area contributed by atoms with Crippen LogP contribution in [-0.2, 0) is 4.74 Å². The predicted molar refractivity (Wildman–Crippen MR) is 118 cm³/mol. The van der Waals surface area contributed by atoms with Crippen LogP contribution in [0.4, 0.5) is 5.95 Å². The standard InChI is InChI=1S/C23H25N7O2/c31-22(20-15-25-6-7-26-20)30-8-2-4-18(16-30)21-19(17-3-1-5-24-13-17)14-27-23(28-21)29-9-11-32-12-10-29/h1,3,5-7,13-15,18H,2,4,8-12,16H2. The van der Waals surface area contributed by atoms with Gasteiger partial charge in [0.25, 0.3) is 5.91 Å². The van der Waals surface area contributed by atoms with E-state index in [1.807, 2.05) is 29.4 Å². The Balaban J connectivity index is 1.47. The average molecular weight is 432 g/mol. The summed E-state index contributed by atoms with van der Waals surface area (Å²) in [4.78, 5) is 39.2. The summed E-state index contributed by atoms with van der Waals surface area (Å²) in [5.41, 5.74) is 3.28. The molecule has 2 fully saturated rings. The number of rotatable bonds is 4. The second-order valence-corrected chi connectivity index (χ2v) is 7.99. The highest BCUT2D eigenvalue weighted by Gasteiger charge is 2.30. The molecule has 3 aromatic heterocycles. The van der Waals surface area contributed by atoms with Gasteiger partial charge >= 0.3 is 0 Å². The average Bonchev–Trinajstić information content (AvgIpc) is 2.89. The Morgan fingerprint density at radius 1 is 1.00 bits per heavy atom. The molecular formula is C23H25N7O2. The summed E-state index contributed by atoms with van der Waals surface area (Å²) in [5.74, 6) is 0.726. The van der Waals surface area contributed by atoms with E-state index in [9.17, 15) is 4.79 Å². The number of amides is 1. The van der Waals surface area contributed by atoms with E-state index >= 15 is 0 Å². The van der Waals surface area contributed by atoms with Crippen LogP contribution in [0.2, 0.25) is 0 Å². The van der Waals surface area contributed by atoms with E-state index in [4.69, 9.17) is 9.72 Å². The number of hydrogen-bond donors (Lipinski definition) is 0. The van der Waals surface area contributed by atoms with Crippen LogP contribution in [-0.4, -0.2) is 75.1 Å². The highest BCUT2D eigenvalue weighted by Crippen LogP contribution is 2.34. The van der Waals surface area contributed by atoms with Gasteiger partial charge in [-0.2, -0.15) is 0 Å². The molecule has 0 aromatic carbocycles. The van der Waals surface area contributed by atoms with Gasteiger partial charge in [0.2, 0.25) is 5.95 Å². The lowest BCUT2D eigenvalue weighted by Gasteiger charge is -2.34. The molecule has 32 heavy (non-hydrogen) atoms. The van der Waals surface area contributed by atoms with Gasteiger partial charge in [-0.3, -0.25) is 14.8 Å². The Morgan fingerprint density at radius 2 is 1.88 bits per heavy atom. The number of aromatic nitrogens is 5. The van der Waals surface area contributed by atoms with Crippen LogP contribution in [0.25, 0.3) is 11.1 Å². The first kappa shape index (κ1) is 20.4. The molecule has 2 saturated heterocycles. The molecule has 9 nitrogen and oxygen atoms in total. The van der Waals surface area contributed by atoms with E-state index in [-0.39, 0.29) is 11.8 Å². The first-order chi connectivity index (χ1) is 15.8. The smallest absolute Gasteiger partial charge is 0.274 e. The number of piperidine rings is 1. The van der Waals surface area contributed by atoms with Gasteiger partial charge < -0.3 is 14.5 Å². The van der Waals surface area contributed by atoms with Crippen LogP contribution >= 0.6 is 0 Å². The van der Waals surface area contributed by atoms with Crippen molar-refractivity contribution in [1.82, 2.24) is 29.8 Å². The van der Waals surface area contributed by atoms with Gasteiger partial charge in [0, 0.05) is 74.2 Å². The normalized spacial score (nSPS) is 19.1. The van der Waals surface area contributed by atoms with Crippen LogP contribution in [0.1, 0.15) is 34.9 Å². The van der Waals surface area contributed by atoms with Crippen molar-refractivity contribution in [3.63, 3.8) is 0 Å². The first-order valence-corrected chi connectivity index (χ1v) is 10.9. The van der Waals surface area contributed by atoms with Crippen LogP contribution in [0.3, 0.4) is 0 Å². The van der Waals surface area contributed by atoms with Gasteiger partial charge in [-0.1, -0.05) is 6.07 Å². The van der Waals surface area contributed by atoms with E-state index in [0.29, 0.717) is 37.9 Å². The molecule has 0 aliphatic carbocycles. The van der Waals surface area contributed by atoms with Gasteiger partial charge in [0.05, 0.1) is 25.1 Å². The molecule has 0 radical (unpaired) electrons. The van der Waals surface area contributed by atoms with Crippen molar-refractivity contribution < 1.29 is 9.53 Å². The van der Waals surface area contributed by atoms with E-state index in [0.717, 1.165) is 42.8 Å². The van der Waals surface area contributed by atoms with Crippen molar-refractivity contribution in [1.29, 1.82) is 0 Å². The minimum atomic E-state index is -0.0896. The SMILES string of the molecule is O=C(c1cnccn1)N1CCCC(c2nc(N3CCOCC3)ncc2-c2cccnc2)C1. The molecule has 2 aliphatic heterocycles. The predicted octanol–water partition coefficient (Wildman–Crippen LogP) is 2.18. The quantitative estimate of drug-likeness (QED) is 0.620. The van der Waals surface area contributed by atoms with Crippen molar-refractivity contribution in [3.8, 4) is 11.1 Å². The number of carbonyl (C=O) groups excluding carboxylic acids is 1. The summed E-state index contributed by atoms with van der Waals surface area (Å²) in [7, 11) is 0. The third-order valence-electron chi connectivity index (χ3n) is 5.95. The summed E-state index contributed by atoms with van der Waals surface area (Å²) < 4.78 is 5.48. The number of nitrogens with zero attached hydrogens (tertiary/aromatic N) is 7. The highest BCUT2D eigenvalue weighted by molar-refractivity contribution is 5.92. The molecule has 0 N–H and O–H groups in total. The molecule has 0 bridgehead atoms. The molecule has 1 amide bonds. The van der Waals surface area contributed by atoms with Gasteiger partial charge in [-0.15, -0.1) is 0 Å². The number of morpholine rings is 1. The molecule has 5 heterocycles. The van der Waals surface area contributed by atoms with Crippen molar-refractivity contribution >= 4 is 11.9 Å². The highest BCUT2D eigenvalue weighted by atomic mass is 16.5. The van der Waals surface area contributed by atoms with Crippen molar-refractivity contribution in [2.75, 3.05) is 44.3 Å². The van der Waals surface area contributed by atoms with E-state index < -0.39 is 0 Å². The van der Waals surface area contributed by atoms with Crippen LogP contribution in [0.15, 0.2) is 49.3 Å². The maximum absolute atomic E-state index is 13.0. The third-order valence-corrected chi connectivity index (χ3v) is 5.95. The minimum absolute atomic E-state index is 0.0896. The van der Waals surface area contributed by atoms with Crippen molar-refractivity contribution in [3.05, 3.63) is 60.7 Å². The topological polar surface area (TPSA) is 97.2 Å². The number of hydrogen-bond acceptors (Lipinski definition) is 8. The summed E-state index contributed by atoms with van der Waals surface area (Å²) in [6.07, 6.45) is 12.0. The molecule has 0 saturated carbocycles. The molecule has 164 valence electrons. The minimum Gasteiger partial charge on any atom is -0.378 e. The van der Waals surface area contributed by atoms with E-state index in [2.05, 4.69) is 24.8 Å². The summed E-state index contributed by atoms with van der Waals surface area (Å²) >= 11 is 0. The number of ether oxygens (including phenoxy) is 1. The van der Waals surface area contributed by atoms with Gasteiger partial charge in [0.1, 0.15) is 5.69 Å². The lowest BCUT2D eigenvalue weighted by molar-refractivity contribution is 0.0699. The molecule has 1 unspecified atom stereocenters. The number of anilines is 1. The van der Waals surface area contributed by atoms with E-state index in [1.165, 1.54) is 6.20 Å². The lowest BCUT2D eigenvalue weighted by atomic mass is 9.90. The van der Waals surface area contributed by atoms with Crippen LogP contribution in [0.5, 0.6) is 0 Å². The number of likely N-dealkylation sites (tertiary alicyclic amines) is 1. The summed E-state index contributed by atoms with van der Waals surface area (Å²) in [6.45, 7) is 4.18.